The second-order valence-corrected chi connectivity index (χ2v) is 6.91. The summed E-state index contributed by atoms with van der Waals surface area (Å²) in [4.78, 5) is 29.5. The van der Waals surface area contributed by atoms with Gasteiger partial charge in [-0.1, -0.05) is 23.2 Å². The van der Waals surface area contributed by atoms with Gasteiger partial charge in [0.15, 0.2) is 5.15 Å². The summed E-state index contributed by atoms with van der Waals surface area (Å²) < 4.78 is 11.8. The van der Waals surface area contributed by atoms with Crippen LogP contribution in [0, 0.1) is 0 Å². The van der Waals surface area contributed by atoms with Crippen molar-refractivity contribution < 1.29 is 19.1 Å². The Morgan fingerprint density at radius 2 is 1.69 bits per heavy atom. The zero-order valence-corrected chi connectivity index (χ0v) is 16.9. The van der Waals surface area contributed by atoms with Crippen molar-refractivity contribution in [2.24, 2.45) is 7.05 Å². The number of ether oxygens (including phenoxy) is 2. The molecule has 1 unspecified atom stereocenters. The first-order valence-corrected chi connectivity index (χ1v) is 8.71. The molecule has 142 valence electrons. The van der Waals surface area contributed by atoms with E-state index in [1.54, 1.807) is 34.7 Å². The lowest BCUT2D eigenvalue weighted by Gasteiger charge is -2.30. The standard InChI is InChI=1S/C17H21Cl2N3O4/c1-7(2)26-17(24)11-9(4)20-8(3)10(16(23)25-6)12(11)15-21-13(18)14(19)22(15)5/h7,12,20H,1-6H3. The molecule has 0 radical (unpaired) electrons. The topological polar surface area (TPSA) is 82.4 Å². The number of halogens is 2. The van der Waals surface area contributed by atoms with Crippen LogP contribution in [0.15, 0.2) is 22.5 Å². The summed E-state index contributed by atoms with van der Waals surface area (Å²) >= 11 is 12.2. The number of esters is 2. The summed E-state index contributed by atoms with van der Waals surface area (Å²) in [6.07, 6.45) is -0.328. The molecular formula is C17H21Cl2N3O4. The van der Waals surface area contributed by atoms with Gasteiger partial charge in [0.05, 0.1) is 30.3 Å². The Hall–Kier alpha value is -1.99. The highest BCUT2D eigenvalue weighted by atomic mass is 35.5. The monoisotopic (exact) mass is 401 g/mol. The first-order valence-electron chi connectivity index (χ1n) is 7.95. The molecular weight excluding hydrogens is 381 g/mol. The fraction of sp³-hybridized carbons (Fsp3) is 0.471. The molecule has 26 heavy (non-hydrogen) atoms. The Kier molecular flexibility index (Phi) is 6.03. The SMILES string of the molecule is COC(=O)C1=C(C)NC(C)=C(C(=O)OC(C)C)C1c1nc(Cl)c(Cl)n1C. The van der Waals surface area contributed by atoms with Crippen LogP contribution in [0.2, 0.25) is 10.3 Å². The van der Waals surface area contributed by atoms with Gasteiger partial charge in [-0.05, 0) is 27.7 Å². The summed E-state index contributed by atoms with van der Waals surface area (Å²) in [5, 5.41) is 3.33. The molecule has 2 rings (SSSR count). The van der Waals surface area contributed by atoms with E-state index in [0.717, 1.165) is 0 Å². The molecule has 7 nitrogen and oxygen atoms in total. The molecule has 0 spiro atoms. The number of imidazole rings is 1. The van der Waals surface area contributed by atoms with Crippen LogP contribution >= 0.6 is 23.2 Å². The van der Waals surface area contributed by atoms with E-state index in [2.05, 4.69) is 10.3 Å². The Morgan fingerprint density at radius 3 is 2.12 bits per heavy atom. The van der Waals surface area contributed by atoms with Crippen LogP contribution in [0.3, 0.4) is 0 Å². The van der Waals surface area contributed by atoms with Crippen molar-refractivity contribution >= 4 is 35.1 Å². The molecule has 0 aliphatic carbocycles. The highest BCUT2D eigenvalue weighted by Crippen LogP contribution is 2.40. The highest BCUT2D eigenvalue weighted by Gasteiger charge is 2.41. The van der Waals surface area contributed by atoms with E-state index >= 15 is 0 Å². The van der Waals surface area contributed by atoms with Gasteiger partial charge < -0.3 is 19.4 Å². The maximum absolute atomic E-state index is 12.8. The zero-order valence-electron chi connectivity index (χ0n) is 15.4. The summed E-state index contributed by atoms with van der Waals surface area (Å²) in [7, 11) is 2.93. The molecule has 1 aliphatic rings. The zero-order chi connectivity index (χ0) is 19.8. The van der Waals surface area contributed by atoms with E-state index in [9.17, 15) is 9.59 Å². The molecule has 0 fully saturated rings. The minimum atomic E-state index is -0.829. The van der Waals surface area contributed by atoms with Gasteiger partial charge in [0.2, 0.25) is 0 Å². The fourth-order valence-electron chi connectivity index (χ4n) is 2.90. The van der Waals surface area contributed by atoms with Gasteiger partial charge in [0.1, 0.15) is 11.0 Å². The first kappa shape index (κ1) is 20.3. The van der Waals surface area contributed by atoms with Crippen molar-refractivity contribution in [2.75, 3.05) is 7.11 Å². The maximum Gasteiger partial charge on any atom is 0.337 e. The van der Waals surface area contributed by atoms with Crippen molar-refractivity contribution in [3.05, 3.63) is 38.7 Å². The van der Waals surface area contributed by atoms with E-state index < -0.39 is 17.9 Å². The van der Waals surface area contributed by atoms with Crippen LogP contribution in [0.5, 0.6) is 0 Å². The third-order valence-electron chi connectivity index (χ3n) is 4.01. The first-order chi connectivity index (χ1) is 12.1. The summed E-state index contributed by atoms with van der Waals surface area (Å²) in [5.74, 6) is -1.63. The number of dihydropyridines is 1. The van der Waals surface area contributed by atoms with Gasteiger partial charge >= 0.3 is 11.9 Å². The molecule has 1 aromatic rings. The maximum atomic E-state index is 12.8. The average molecular weight is 402 g/mol. The Balaban J connectivity index is 2.72. The van der Waals surface area contributed by atoms with Crippen molar-refractivity contribution in [3.63, 3.8) is 0 Å². The lowest BCUT2D eigenvalue weighted by molar-refractivity contribution is -0.143. The minimum absolute atomic E-state index is 0.0822. The van der Waals surface area contributed by atoms with Crippen LogP contribution in [0.4, 0.5) is 0 Å². The molecule has 9 heteroatoms. The van der Waals surface area contributed by atoms with Crippen LogP contribution in [-0.4, -0.2) is 34.7 Å². The molecule has 1 aliphatic heterocycles. The Labute approximate surface area is 162 Å². The molecule has 0 saturated heterocycles. The number of nitrogens with one attached hydrogen (secondary N) is 1. The number of aromatic nitrogens is 2. The van der Waals surface area contributed by atoms with E-state index in [0.29, 0.717) is 17.2 Å². The molecule has 1 N–H and O–H groups in total. The van der Waals surface area contributed by atoms with Gasteiger partial charge in [0.25, 0.3) is 0 Å². The van der Waals surface area contributed by atoms with E-state index in [4.69, 9.17) is 32.7 Å². The lowest BCUT2D eigenvalue weighted by Crippen LogP contribution is -2.34. The second kappa shape index (κ2) is 7.72. The van der Waals surface area contributed by atoms with Gasteiger partial charge in [-0.25, -0.2) is 14.6 Å². The summed E-state index contributed by atoms with van der Waals surface area (Å²) in [6, 6.07) is 0. The van der Waals surface area contributed by atoms with Crippen LogP contribution in [0.25, 0.3) is 0 Å². The third kappa shape index (κ3) is 3.59. The van der Waals surface area contributed by atoms with Crippen molar-refractivity contribution in [2.45, 2.75) is 39.7 Å². The van der Waals surface area contributed by atoms with Crippen LogP contribution in [0.1, 0.15) is 39.4 Å². The summed E-state index contributed by atoms with van der Waals surface area (Å²) in [5.41, 5.74) is 1.61. The molecule has 0 amide bonds. The Bertz CT molecular complexity index is 824. The van der Waals surface area contributed by atoms with Crippen molar-refractivity contribution in [3.8, 4) is 0 Å². The highest BCUT2D eigenvalue weighted by molar-refractivity contribution is 6.40. The fourth-order valence-corrected chi connectivity index (χ4v) is 3.24. The van der Waals surface area contributed by atoms with E-state index in [-0.39, 0.29) is 27.6 Å². The number of allylic oxidation sites excluding steroid dienone is 2. The number of nitrogens with zero attached hydrogens (tertiary/aromatic N) is 2. The Morgan fingerprint density at radius 1 is 1.15 bits per heavy atom. The number of hydrogen-bond donors (Lipinski definition) is 1. The minimum Gasteiger partial charge on any atom is -0.466 e. The van der Waals surface area contributed by atoms with Gasteiger partial charge in [-0.3, -0.25) is 0 Å². The quantitative estimate of drug-likeness (QED) is 0.780. The van der Waals surface area contributed by atoms with Gasteiger partial charge in [-0.2, -0.15) is 0 Å². The summed E-state index contributed by atoms with van der Waals surface area (Å²) in [6.45, 7) is 6.94. The van der Waals surface area contributed by atoms with Gasteiger partial charge in [-0.15, -0.1) is 0 Å². The second-order valence-electron chi connectivity index (χ2n) is 6.19. The number of carbonyl (C=O) groups excluding carboxylic acids is 2. The molecule has 0 saturated carbocycles. The number of carbonyl (C=O) groups is 2. The molecule has 1 aromatic heterocycles. The van der Waals surface area contributed by atoms with Crippen LogP contribution in [-0.2, 0) is 26.1 Å². The average Bonchev–Trinajstić information content (AvgIpc) is 2.80. The van der Waals surface area contributed by atoms with E-state index in [1.165, 1.54) is 11.7 Å². The van der Waals surface area contributed by atoms with Crippen LogP contribution < -0.4 is 5.32 Å². The lowest BCUT2D eigenvalue weighted by atomic mass is 9.84. The van der Waals surface area contributed by atoms with Crippen molar-refractivity contribution in [1.29, 1.82) is 0 Å². The number of rotatable bonds is 4. The largest absolute Gasteiger partial charge is 0.466 e. The predicted octanol–water partition coefficient (Wildman–Crippen LogP) is 3.09. The molecule has 0 bridgehead atoms. The molecule has 1 atom stereocenters. The predicted molar refractivity (Wildman–Crippen MR) is 97.7 cm³/mol. The van der Waals surface area contributed by atoms with Gasteiger partial charge in [0, 0.05) is 18.4 Å². The van der Waals surface area contributed by atoms with Crippen molar-refractivity contribution in [1.82, 2.24) is 14.9 Å². The molecule has 2 heterocycles. The third-order valence-corrected chi connectivity index (χ3v) is 4.80. The smallest absolute Gasteiger partial charge is 0.337 e. The number of methoxy groups -OCH3 is 1. The number of hydrogen-bond acceptors (Lipinski definition) is 6. The molecule has 0 aromatic carbocycles. The normalized spacial score (nSPS) is 17.5. The van der Waals surface area contributed by atoms with E-state index in [1.807, 2.05) is 0 Å².